The fourth-order valence-electron chi connectivity index (χ4n) is 3.96. The number of phenolic OH excluding ortho intramolecular Hbond substituents is 2. The molecule has 2 aromatic carbocycles. The molecule has 2 aromatic rings. The second-order valence-corrected chi connectivity index (χ2v) is 6.42. The van der Waals surface area contributed by atoms with E-state index in [0.29, 0.717) is 18.0 Å². The summed E-state index contributed by atoms with van der Waals surface area (Å²) in [6.45, 7) is 1.61. The van der Waals surface area contributed by atoms with Crippen LogP contribution in [-0.2, 0) is 19.4 Å². The normalized spacial score (nSPS) is 18.4. The third-order valence-electron chi connectivity index (χ3n) is 5.25. The van der Waals surface area contributed by atoms with Gasteiger partial charge in [-0.25, -0.2) is 0 Å². The van der Waals surface area contributed by atoms with Crippen LogP contribution in [0.5, 0.6) is 23.0 Å². The molecule has 0 spiro atoms. The van der Waals surface area contributed by atoms with Crippen LogP contribution in [0.4, 0.5) is 0 Å². The van der Waals surface area contributed by atoms with E-state index >= 15 is 0 Å². The molecule has 2 heterocycles. The second-order valence-electron chi connectivity index (χ2n) is 6.42. The number of fused-ring (bicyclic) bond motifs is 4. The van der Waals surface area contributed by atoms with E-state index in [-0.39, 0.29) is 29.9 Å². The zero-order chi connectivity index (χ0) is 16.8. The van der Waals surface area contributed by atoms with Crippen LogP contribution < -0.4 is 9.47 Å². The lowest BCUT2D eigenvalue weighted by molar-refractivity contribution is 0.157. The van der Waals surface area contributed by atoms with Crippen LogP contribution in [0.2, 0.25) is 0 Å². The summed E-state index contributed by atoms with van der Waals surface area (Å²) in [5.41, 5.74) is 4.47. The van der Waals surface area contributed by atoms with Crippen LogP contribution in [0.1, 0.15) is 28.3 Å². The number of benzene rings is 2. The van der Waals surface area contributed by atoms with Gasteiger partial charge < -0.3 is 19.7 Å². The average Bonchev–Trinajstić information content (AvgIpc) is 2.60. The lowest BCUT2D eigenvalue weighted by atomic mass is 9.83. The molecule has 5 nitrogen and oxygen atoms in total. The highest BCUT2D eigenvalue weighted by molar-refractivity contribution is 5.85. The van der Waals surface area contributed by atoms with Gasteiger partial charge in [0.05, 0.1) is 14.2 Å². The maximum absolute atomic E-state index is 10.4. The van der Waals surface area contributed by atoms with E-state index in [1.54, 1.807) is 14.2 Å². The Morgan fingerprint density at radius 2 is 1.80 bits per heavy atom. The van der Waals surface area contributed by atoms with Crippen molar-refractivity contribution in [1.82, 2.24) is 4.90 Å². The summed E-state index contributed by atoms with van der Waals surface area (Å²) in [5, 5.41) is 20.6. The van der Waals surface area contributed by atoms with Crippen LogP contribution in [-0.4, -0.2) is 35.9 Å². The highest BCUT2D eigenvalue weighted by Gasteiger charge is 2.34. The number of hydrogen-bond acceptors (Lipinski definition) is 5. The highest BCUT2D eigenvalue weighted by atomic mass is 35.5. The van der Waals surface area contributed by atoms with E-state index in [1.165, 1.54) is 5.56 Å². The first-order valence-corrected chi connectivity index (χ1v) is 8.14. The molecule has 0 aliphatic carbocycles. The third kappa shape index (κ3) is 2.77. The fraction of sp³-hybridized carbons (Fsp3) is 0.368. The van der Waals surface area contributed by atoms with Crippen molar-refractivity contribution in [2.45, 2.75) is 25.4 Å². The van der Waals surface area contributed by atoms with Crippen molar-refractivity contribution in [2.24, 2.45) is 0 Å². The lowest BCUT2D eigenvalue weighted by Gasteiger charge is -2.41. The van der Waals surface area contributed by atoms with Crippen molar-refractivity contribution in [3.05, 3.63) is 46.5 Å². The van der Waals surface area contributed by atoms with Crippen molar-refractivity contribution in [1.29, 1.82) is 0 Å². The molecule has 0 bridgehead atoms. The van der Waals surface area contributed by atoms with E-state index in [0.717, 1.165) is 36.1 Å². The minimum absolute atomic E-state index is 0. The molecule has 4 rings (SSSR count). The van der Waals surface area contributed by atoms with Gasteiger partial charge in [0.2, 0.25) is 0 Å². The minimum Gasteiger partial charge on any atom is -0.504 e. The zero-order valence-electron chi connectivity index (χ0n) is 14.3. The number of hydrogen-bond donors (Lipinski definition) is 2. The maximum atomic E-state index is 10.4. The molecular formula is C19H22ClNO4. The fourth-order valence-corrected chi connectivity index (χ4v) is 3.96. The summed E-state index contributed by atoms with van der Waals surface area (Å²) < 4.78 is 10.5. The van der Waals surface area contributed by atoms with Gasteiger partial charge in [-0.1, -0.05) is 6.07 Å². The van der Waals surface area contributed by atoms with Crippen molar-refractivity contribution in [2.75, 3.05) is 20.8 Å². The van der Waals surface area contributed by atoms with E-state index in [4.69, 9.17) is 9.47 Å². The monoisotopic (exact) mass is 363 g/mol. The molecule has 1 atom stereocenters. The van der Waals surface area contributed by atoms with E-state index < -0.39 is 0 Å². The van der Waals surface area contributed by atoms with Crippen LogP contribution in [0.15, 0.2) is 24.3 Å². The van der Waals surface area contributed by atoms with Crippen molar-refractivity contribution in [3.8, 4) is 23.0 Å². The molecule has 2 N–H and O–H groups in total. The van der Waals surface area contributed by atoms with Crippen molar-refractivity contribution >= 4 is 12.4 Å². The van der Waals surface area contributed by atoms with Crippen LogP contribution in [0.3, 0.4) is 0 Å². The lowest BCUT2D eigenvalue weighted by Crippen LogP contribution is -2.39. The second kappa shape index (κ2) is 6.65. The Kier molecular flexibility index (Phi) is 4.71. The molecule has 0 radical (unpaired) electrons. The topological polar surface area (TPSA) is 62.2 Å². The molecule has 6 heteroatoms. The summed E-state index contributed by atoms with van der Waals surface area (Å²) in [6, 6.07) is 7.84. The van der Waals surface area contributed by atoms with Crippen LogP contribution in [0.25, 0.3) is 0 Å². The Bertz CT molecular complexity index is 808. The SMILES string of the molecule is COc1cc2c(cc1O)[C@H]1Cc3ccc(OC)c(O)c3CN1CC2.Cl. The number of rotatable bonds is 2. The number of aromatic hydroxyl groups is 2. The zero-order valence-corrected chi connectivity index (χ0v) is 15.1. The predicted molar refractivity (Wildman–Crippen MR) is 97.1 cm³/mol. The van der Waals surface area contributed by atoms with Gasteiger partial charge in [0, 0.05) is 24.7 Å². The van der Waals surface area contributed by atoms with E-state index in [9.17, 15) is 10.2 Å². The molecule has 0 fully saturated rings. The minimum atomic E-state index is 0. The molecule has 0 saturated carbocycles. The third-order valence-corrected chi connectivity index (χ3v) is 5.25. The van der Waals surface area contributed by atoms with Crippen LogP contribution >= 0.6 is 12.4 Å². The number of methoxy groups -OCH3 is 2. The molecule has 25 heavy (non-hydrogen) atoms. The largest absolute Gasteiger partial charge is 0.504 e. The number of ether oxygens (including phenoxy) is 2. The van der Waals surface area contributed by atoms with Gasteiger partial charge in [-0.05, 0) is 47.7 Å². The number of phenols is 2. The Morgan fingerprint density at radius 1 is 1.04 bits per heavy atom. The van der Waals surface area contributed by atoms with Gasteiger partial charge in [0.1, 0.15) is 0 Å². The first-order valence-electron chi connectivity index (χ1n) is 8.14. The number of halogens is 1. The van der Waals surface area contributed by atoms with E-state index in [2.05, 4.69) is 4.90 Å². The molecule has 2 aliphatic rings. The first kappa shape index (κ1) is 17.7. The molecular weight excluding hydrogens is 342 g/mol. The molecule has 0 saturated heterocycles. The summed E-state index contributed by atoms with van der Waals surface area (Å²) in [6.07, 6.45) is 1.72. The first-order chi connectivity index (χ1) is 11.6. The highest BCUT2D eigenvalue weighted by Crippen LogP contribution is 2.45. The van der Waals surface area contributed by atoms with Gasteiger partial charge in [0.25, 0.3) is 0 Å². The van der Waals surface area contributed by atoms with Gasteiger partial charge in [-0.2, -0.15) is 0 Å². The van der Waals surface area contributed by atoms with Gasteiger partial charge >= 0.3 is 0 Å². The van der Waals surface area contributed by atoms with Gasteiger partial charge in [-0.15, -0.1) is 12.4 Å². The van der Waals surface area contributed by atoms with Gasteiger partial charge in [0.15, 0.2) is 23.0 Å². The maximum Gasteiger partial charge on any atom is 0.162 e. The Labute approximate surface area is 153 Å². The Morgan fingerprint density at radius 3 is 2.52 bits per heavy atom. The standard InChI is InChI=1S/C19H21NO4.ClH/c1-23-17-4-3-11-7-15-13-9-16(21)18(24-2)8-12(13)5-6-20(15)10-14(11)19(17)22;/h3-4,8-9,15,21-22H,5-7,10H2,1-2H3;1H/t15-;/m1./s1. The van der Waals surface area contributed by atoms with Crippen molar-refractivity contribution < 1.29 is 19.7 Å². The summed E-state index contributed by atoms with van der Waals surface area (Å²) >= 11 is 0. The van der Waals surface area contributed by atoms with E-state index in [1.807, 2.05) is 24.3 Å². The van der Waals surface area contributed by atoms with Crippen molar-refractivity contribution in [3.63, 3.8) is 0 Å². The Hall–Kier alpha value is -2.11. The molecule has 2 aliphatic heterocycles. The molecule has 0 unspecified atom stereocenters. The predicted octanol–water partition coefficient (Wildman–Crippen LogP) is 3.19. The quantitative estimate of drug-likeness (QED) is 0.858. The Balaban J connectivity index is 0.00000182. The van der Waals surface area contributed by atoms with Gasteiger partial charge in [-0.3, -0.25) is 4.90 Å². The molecule has 0 aromatic heterocycles. The summed E-state index contributed by atoms with van der Waals surface area (Å²) in [4.78, 5) is 2.36. The molecule has 0 amide bonds. The van der Waals surface area contributed by atoms with Crippen LogP contribution in [0, 0.1) is 0 Å². The summed E-state index contributed by atoms with van der Waals surface area (Å²) in [7, 11) is 3.14. The number of nitrogens with zero attached hydrogens (tertiary/aromatic N) is 1. The summed E-state index contributed by atoms with van der Waals surface area (Å²) in [5.74, 6) is 1.48. The smallest absolute Gasteiger partial charge is 0.162 e. The molecule has 134 valence electrons. The average molecular weight is 364 g/mol.